The van der Waals surface area contributed by atoms with Crippen molar-refractivity contribution < 1.29 is 18.8 Å². The number of hydrogen-bond donors (Lipinski definition) is 2. The van der Waals surface area contributed by atoms with E-state index in [9.17, 15) is 9.59 Å². The summed E-state index contributed by atoms with van der Waals surface area (Å²) in [6, 6.07) is 14.4. The van der Waals surface area contributed by atoms with Crippen LogP contribution < -0.4 is 15.4 Å². The van der Waals surface area contributed by atoms with Gasteiger partial charge in [0.2, 0.25) is 0 Å². The number of carbonyl (C=O) groups excluding carboxylic acids is 2. The van der Waals surface area contributed by atoms with Crippen LogP contribution in [0.3, 0.4) is 0 Å². The lowest BCUT2D eigenvalue weighted by molar-refractivity contribution is -0.122. The number of rotatable bonds is 5. The van der Waals surface area contributed by atoms with Gasteiger partial charge in [0, 0.05) is 22.4 Å². The van der Waals surface area contributed by atoms with Crippen molar-refractivity contribution in [3.8, 4) is 5.75 Å². The lowest BCUT2D eigenvalue weighted by Crippen LogP contribution is -2.34. The third kappa shape index (κ3) is 4.27. The number of anilines is 2. The number of amides is 2. The predicted octanol–water partition coefficient (Wildman–Crippen LogP) is 4.25. The van der Waals surface area contributed by atoms with Crippen LogP contribution in [0.15, 0.2) is 57.9 Å². The summed E-state index contributed by atoms with van der Waals surface area (Å²) in [4.78, 5) is 25.5. The van der Waals surface area contributed by atoms with E-state index in [-0.39, 0.29) is 11.8 Å². The van der Waals surface area contributed by atoms with Gasteiger partial charge in [-0.05, 0) is 44.2 Å². The first-order chi connectivity index (χ1) is 14.0. The average molecular weight is 409 g/mol. The lowest BCUT2D eigenvalue weighted by Gasteiger charge is -2.23. The summed E-state index contributed by atoms with van der Waals surface area (Å²) in [5.74, 6) is 1.48. The summed E-state index contributed by atoms with van der Waals surface area (Å²) in [6.45, 7) is 3.53. The molecule has 1 aromatic heterocycles. The maximum absolute atomic E-state index is 12.9. The van der Waals surface area contributed by atoms with Gasteiger partial charge in [-0.3, -0.25) is 9.59 Å². The first-order valence-electron chi connectivity index (χ1n) is 9.06. The Hall–Kier alpha value is -3.26. The summed E-state index contributed by atoms with van der Waals surface area (Å²) in [5, 5.41) is 9.65. The molecular weight excluding hydrogens is 390 g/mol. The Bertz CT molecular complexity index is 1080. The van der Waals surface area contributed by atoms with E-state index >= 15 is 0 Å². The summed E-state index contributed by atoms with van der Waals surface area (Å²) in [5.41, 5.74) is 2.49. The fourth-order valence-corrected chi connectivity index (χ4v) is 3.83. The van der Waals surface area contributed by atoms with E-state index in [1.54, 1.807) is 31.2 Å². The van der Waals surface area contributed by atoms with Crippen molar-refractivity contribution in [2.24, 2.45) is 0 Å². The molecule has 8 heteroatoms. The molecule has 148 valence electrons. The molecule has 2 heterocycles. The minimum atomic E-state index is -0.541. The van der Waals surface area contributed by atoms with E-state index in [1.165, 1.54) is 11.8 Å². The van der Waals surface area contributed by atoms with E-state index < -0.39 is 6.10 Å². The number of thioether (sulfide) groups is 1. The van der Waals surface area contributed by atoms with Gasteiger partial charge in [0.05, 0.1) is 16.9 Å². The third-order valence-electron chi connectivity index (χ3n) is 4.35. The Morgan fingerprint density at radius 2 is 2.07 bits per heavy atom. The summed E-state index contributed by atoms with van der Waals surface area (Å²) in [6.07, 6.45) is -0.541. The van der Waals surface area contributed by atoms with Gasteiger partial charge in [0.15, 0.2) is 6.10 Å². The van der Waals surface area contributed by atoms with Gasteiger partial charge in [-0.15, -0.1) is 11.8 Å². The van der Waals surface area contributed by atoms with E-state index in [0.717, 1.165) is 16.3 Å². The number of aromatic nitrogens is 1. The van der Waals surface area contributed by atoms with Crippen LogP contribution in [0, 0.1) is 6.92 Å². The van der Waals surface area contributed by atoms with Crippen LogP contribution in [-0.4, -0.2) is 23.1 Å². The highest BCUT2D eigenvalue weighted by Crippen LogP contribution is 2.33. The monoisotopic (exact) mass is 409 g/mol. The summed E-state index contributed by atoms with van der Waals surface area (Å²) < 4.78 is 10.6. The SMILES string of the molecule is Cc1cc(CSc2ccccc2C(=O)Nc2ccc3c(c2)NC(=O)C(C)O3)no1. The third-order valence-corrected chi connectivity index (χ3v) is 5.46. The normalized spacial score (nSPS) is 15.2. The Labute approximate surface area is 171 Å². The molecule has 1 unspecified atom stereocenters. The smallest absolute Gasteiger partial charge is 0.265 e. The van der Waals surface area contributed by atoms with Gasteiger partial charge in [-0.1, -0.05) is 17.3 Å². The average Bonchev–Trinajstić information content (AvgIpc) is 3.13. The fourth-order valence-electron chi connectivity index (χ4n) is 2.90. The van der Waals surface area contributed by atoms with Crippen LogP contribution in [0.5, 0.6) is 5.75 Å². The highest BCUT2D eigenvalue weighted by atomic mass is 32.2. The second-order valence-corrected chi connectivity index (χ2v) is 7.65. The van der Waals surface area contributed by atoms with Crippen LogP contribution >= 0.6 is 11.8 Å². The molecule has 2 amide bonds. The summed E-state index contributed by atoms with van der Waals surface area (Å²) in [7, 11) is 0. The first-order valence-corrected chi connectivity index (χ1v) is 10.0. The molecular formula is C21H19N3O4S. The van der Waals surface area contributed by atoms with Crippen molar-refractivity contribution in [1.82, 2.24) is 5.16 Å². The van der Waals surface area contributed by atoms with Crippen molar-refractivity contribution in [2.45, 2.75) is 30.6 Å². The first kappa shape index (κ1) is 19.1. The minimum absolute atomic E-state index is 0.217. The van der Waals surface area contributed by atoms with Crippen LogP contribution in [0.25, 0.3) is 0 Å². The largest absolute Gasteiger partial charge is 0.479 e. The number of carbonyl (C=O) groups is 2. The Kier molecular flexibility index (Phi) is 5.26. The topological polar surface area (TPSA) is 93.5 Å². The number of fused-ring (bicyclic) bond motifs is 1. The standard InChI is InChI=1S/C21H19N3O4S/c1-12-9-15(24-28-12)11-29-19-6-4-3-5-16(19)21(26)22-14-7-8-18-17(10-14)23-20(25)13(2)27-18/h3-10,13H,11H2,1-2H3,(H,22,26)(H,23,25). The van der Waals surface area contributed by atoms with Crippen LogP contribution in [0.4, 0.5) is 11.4 Å². The molecule has 0 fully saturated rings. The van der Waals surface area contributed by atoms with Crippen LogP contribution in [0.1, 0.15) is 28.7 Å². The lowest BCUT2D eigenvalue weighted by atomic mass is 10.2. The van der Waals surface area contributed by atoms with E-state index in [1.807, 2.05) is 31.2 Å². The highest BCUT2D eigenvalue weighted by molar-refractivity contribution is 7.98. The number of hydrogen-bond acceptors (Lipinski definition) is 6. The molecule has 29 heavy (non-hydrogen) atoms. The second kappa shape index (κ2) is 8.00. The molecule has 0 aliphatic carbocycles. The van der Waals surface area contributed by atoms with Crippen molar-refractivity contribution in [3.05, 3.63) is 65.5 Å². The zero-order valence-corrected chi connectivity index (χ0v) is 16.7. The molecule has 2 aromatic carbocycles. The highest BCUT2D eigenvalue weighted by Gasteiger charge is 2.24. The molecule has 0 bridgehead atoms. The van der Waals surface area contributed by atoms with Gasteiger partial charge in [0.25, 0.3) is 11.8 Å². The molecule has 2 N–H and O–H groups in total. The zero-order valence-electron chi connectivity index (χ0n) is 15.9. The number of nitrogens with one attached hydrogen (secondary N) is 2. The minimum Gasteiger partial charge on any atom is -0.479 e. The van der Waals surface area contributed by atoms with Crippen LogP contribution in [0.2, 0.25) is 0 Å². The molecule has 1 atom stereocenters. The Morgan fingerprint density at radius 3 is 2.86 bits per heavy atom. The molecule has 0 saturated carbocycles. The molecule has 7 nitrogen and oxygen atoms in total. The molecule has 1 aliphatic heterocycles. The Morgan fingerprint density at radius 1 is 1.24 bits per heavy atom. The van der Waals surface area contributed by atoms with Crippen molar-refractivity contribution in [1.29, 1.82) is 0 Å². The van der Waals surface area contributed by atoms with Crippen molar-refractivity contribution in [2.75, 3.05) is 10.6 Å². The molecule has 1 aliphatic rings. The number of nitrogens with zero attached hydrogens (tertiary/aromatic N) is 1. The molecule has 0 radical (unpaired) electrons. The van der Waals surface area contributed by atoms with Gasteiger partial charge < -0.3 is 19.9 Å². The van der Waals surface area contributed by atoms with Crippen molar-refractivity contribution in [3.63, 3.8) is 0 Å². The Balaban J connectivity index is 1.49. The molecule has 4 rings (SSSR count). The van der Waals surface area contributed by atoms with Gasteiger partial charge in [-0.25, -0.2) is 0 Å². The van der Waals surface area contributed by atoms with Crippen molar-refractivity contribution >= 4 is 35.0 Å². The van der Waals surface area contributed by atoms with Crippen LogP contribution in [-0.2, 0) is 10.5 Å². The number of ether oxygens (including phenoxy) is 1. The van der Waals surface area contributed by atoms with Gasteiger partial charge in [0.1, 0.15) is 11.5 Å². The zero-order chi connectivity index (χ0) is 20.4. The predicted molar refractivity (Wildman–Crippen MR) is 110 cm³/mol. The number of benzene rings is 2. The number of aryl methyl sites for hydroxylation is 1. The van der Waals surface area contributed by atoms with E-state index in [4.69, 9.17) is 9.26 Å². The molecule has 3 aromatic rings. The van der Waals surface area contributed by atoms with Gasteiger partial charge in [-0.2, -0.15) is 0 Å². The maximum Gasteiger partial charge on any atom is 0.265 e. The second-order valence-electron chi connectivity index (χ2n) is 6.63. The summed E-state index contributed by atoms with van der Waals surface area (Å²) >= 11 is 1.52. The maximum atomic E-state index is 12.9. The van der Waals surface area contributed by atoms with E-state index in [0.29, 0.717) is 28.4 Å². The van der Waals surface area contributed by atoms with E-state index in [2.05, 4.69) is 15.8 Å². The molecule has 0 spiro atoms. The fraction of sp³-hybridized carbons (Fsp3) is 0.190. The molecule has 0 saturated heterocycles. The van der Waals surface area contributed by atoms with Gasteiger partial charge >= 0.3 is 0 Å². The quantitative estimate of drug-likeness (QED) is 0.612.